The number of rotatable bonds is 3. The molecule has 4 heteroatoms. The van der Waals surface area contributed by atoms with Crippen molar-refractivity contribution >= 4 is 33.6 Å². The second-order valence-corrected chi connectivity index (χ2v) is 9.54. The first-order chi connectivity index (χ1) is 14.9. The molecule has 4 aromatic rings. The van der Waals surface area contributed by atoms with Crippen LogP contribution in [0.15, 0.2) is 47.0 Å². The van der Waals surface area contributed by atoms with E-state index in [1.165, 1.54) is 24.0 Å². The van der Waals surface area contributed by atoms with E-state index in [1.54, 1.807) is 0 Å². The summed E-state index contributed by atoms with van der Waals surface area (Å²) in [5.74, 6) is 2.33. The number of pyridine rings is 2. The Balaban J connectivity index is 1.78. The third kappa shape index (κ3) is 3.38. The lowest BCUT2D eigenvalue weighted by Gasteiger charge is -2.35. The van der Waals surface area contributed by atoms with Crippen LogP contribution in [-0.2, 0) is 6.42 Å². The lowest BCUT2D eigenvalue weighted by molar-refractivity contribution is 0.343. The minimum atomic E-state index is 0.325. The molecule has 31 heavy (non-hydrogen) atoms. The number of hydrogen-bond acceptors (Lipinski definition) is 4. The van der Waals surface area contributed by atoms with E-state index in [4.69, 9.17) is 9.40 Å². The maximum absolute atomic E-state index is 6.44. The SMILES string of the molecule is Cc1ccc2c(n1)oc1c(N3c4ncccc4CCC(CC(C)C)[C@@H]3C)c(C)ccc12. The number of aromatic nitrogens is 2. The van der Waals surface area contributed by atoms with Crippen LogP contribution in [0.5, 0.6) is 0 Å². The molecule has 0 saturated heterocycles. The molecule has 0 radical (unpaired) electrons. The van der Waals surface area contributed by atoms with Crippen molar-refractivity contribution in [1.29, 1.82) is 0 Å². The summed E-state index contributed by atoms with van der Waals surface area (Å²) in [5.41, 5.74) is 6.26. The van der Waals surface area contributed by atoms with Gasteiger partial charge in [-0.25, -0.2) is 9.97 Å². The van der Waals surface area contributed by atoms with Crippen molar-refractivity contribution in [2.45, 2.75) is 59.9 Å². The molecular formula is C27H31N3O. The Labute approximate surface area is 184 Å². The van der Waals surface area contributed by atoms with E-state index >= 15 is 0 Å². The fraction of sp³-hybridized carbons (Fsp3) is 0.407. The van der Waals surface area contributed by atoms with Gasteiger partial charge in [-0.05, 0) is 81.2 Å². The van der Waals surface area contributed by atoms with Gasteiger partial charge >= 0.3 is 0 Å². The van der Waals surface area contributed by atoms with Gasteiger partial charge in [-0.2, -0.15) is 0 Å². The van der Waals surface area contributed by atoms with E-state index in [0.29, 0.717) is 23.6 Å². The third-order valence-electron chi connectivity index (χ3n) is 6.81. The van der Waals surface area contributed by atoms with Crippen molar-refractivity contribution in [1.82, 2.24) is 9.97 Å². The summed E-state index contributed by atoms with van der Waals surface area (Å²) in [7, 11) is 0. The van der Waals surface area contributed by atoms with Crippen molar-refractivity contribution in [2.24, 2.45) is 11.8 Å². The molecule has 3 aromatic heterocycles. The highest BCUT2D eigenvalue weighted by Gasteiger charge is 2.33. The van der Waals surface area contributed by atoms with E-state index in [2.05, 4.69) is 74.0 Å². The summed E-state index contributed by atoms with van der Waals surface area (Å²) < 4.78 is 6.44. The van der Waals surface area contributed by atoms with Gasteiger partial charge < -0.3 is 9.32 Å². The van der Waals surface area contributed by atoms with Gasteiger partial charge in [0.2, 0.25) is 5.71 Å². The maximum atomic E-state index is 6.44. The number of aryl methyl sites for hydroxylation is 3. The fourth-order valence-electron chi connectivity index (χ4n) is 5.25. The standard InChI is InChI=1S/C27H31N3O/c1-16(2)15-21-11-10-20-7-6-14-28-26(20)30(19(21)5)24-17(3)8-12-22-23-13-9-18(4)29-27(23)31-25(22)24/h6-9,12-14,16,19,21H,10-11,15H2,1-5H3/t19-,21?/m0/s1. The second-order valence-electron chi connectivity index (χ2n) is 9.54. The second kappa shape index (κ2) is 7.67. The molecule has 0 N–H and O–H groups in total. The Kier molecular flexibility index (Phi) is 4.96. The Bertz CT molecular complexity index is 1260. The van der Waals surface area contributed by atoms with Crippen LogP contribution < -0.4 is 4.90 Å². The Hall–Kier alpha value is -2.88. The van der Waals surface area contributed by atoms with E-state index in [9.17, 15) is 0 Å². The number of furan rings is 1. The van der Waals surface area contributed by atoms with Crippen LogP contribution in [0.4, 0.5) is 11.5 Å². The molecule has 5 rings (SSSR count). The molecule has 4 heterocycles. The largest absolute Gasteiger partial charge is 0.435 e. The first-order valence-corrected chi connectivity index (χ1v) is 11.5. The van der Waals surface area contributed by atoms with Gasteiger partial charge in [-0.15, -0.1) is 0 Å². The summed E-state index contributed by atoms with van der Waals surface area (Å²) in [6.07, 6.45) is 5.38. The van der Waals surface area contributed by atoms with Gasteiger partial charge in [-0.1, -0.05) is 32.0 Å². The number of hydrogen-bond donors (Lipinski definition) is 0. The summed E-state index contributed by atoms with van der Waals surface area (Å²) >= 11 is 0. The highest BCUT2D eigenvalue weighted by molar-refractivity contribution is 6.09. The van der Waals surface area contributed by atoms with E-state index in [0.717, 1.165) is 40.0 Å². The van der Waals surface area contributed by atoms with Crippen LogP contribution in [0.1, 0.15) is 50.4 Å². The van der Waals surface area contributed by atoms with E-state index in [-0.39, 0.29) is 0 Å². The van der Waals surface area contributed by atoms with Crippen molar-refractivity contribution in [2.75, 3.05) is 4.90 Å². The number of anilines is 2. The number of benzene rings is 1. The van der Waals surface area contributed by atoms with Crippen molar-refractivity contribution < 1.29 is 4.42 Å². The molecule has 1 aromatic carbocycles. The molecule has 0 spiro atoms. The molecule has 2 atom stereocenters. The molecule has 1 aliphatic rings. The monoisotopic (exact) mass is 413 g/mol. The predicted octanol–water partition coefficient (Wildman–Crippen LogP) is 7.13. The predicted molar refractivity (Wildman–Crippen MR) is 128 cm³/mol. The molecular weight excluding hydrogens is 382 g/mol. The molecule has 0 fully saturated rings. The number of nitrogens with zero attached hydrogens (tertiary/aromatic N) is 3. The van der Waals surface area contributed by atoms with Gasteiger partial charge in [0.1, 0.15) is 5.82 Å². The summed E-state index contributed by atoms with van der Waals surface area (Å²) in [5, 5.41) is 2.20. The highest BCUT2D eigenvalue weighted by Crippen LogP contribution is 2.44. The van der Waals surface area contributed by atoms with E-state index in [1.807, 2.05) is 13.1 Å². The molecule has 1 unspecified atom stereocenters. The van der Waals surface area contributed by atoms with Gasteiger partial charge in [-0.3, -0.25) is 0 Å². The zero-order valence-corrected chi connectivity index (χ0v) is 19.1. The molecule has 0 bridgehead atoms. The zero-order valence-electron chi connectivity index (χ0n) is 19.1. The maximum Gasteiger partial charge on any atom is 0.227 e. The first-order valence-electron chi connectivity index (χ1n) is 11.5. The van der Waals surface area contributed by atoms with Gasteiger partial charge in [0.15, 0.2) is 5.58 Å². The van der Waals surface area contributed by atoms with Crippen LogP contribution in [0.2, 0.25) is 0 Å². The van der Waals surface area contributed by atoms with Crippen LogP contribution in [0.25, 0.3) is 22.1 Å². The Morgan fingerprint density at radius 3 is 2.71 bits per heavy atom. The average Bonchev–Trinajstić information content (AvgIpc) is 3.04. The zero-order chi connectivity index (χ0) is 21.7. The van der Waals surface area contributed by atoms with Crippen LogP contribution in [0, 0.1) is 25.7 Å². The van der Waals surface area contributed by atoms with Crippen LogP contribution >= 0.6 is 0 Å². The van der Waals surface area contributed by atoms with Crippen molar-refractivity contribution in [3.8, 4) is 0 Å². The van der Waals surface area contributed by atoms with Gasteiger partial charge in [0.05, 0.1) is 5.69 Å². The Morgan fingerprint density at radius 1 is 1.10 bits per heavy atom. The molecule has 0 amide bonds. The molecule has 0 saturated carbocycles. The van der Waals surface area contributed by atoms with Crippen molar-refractivity contribution in [3.63, 3.8) is 0 Å². The fourth-order valence-corrected chi connectivity index (χ4v) is 5.25. The summed E-state index contributed by atoms with van der Waals surface area (Å²) in [6, 6.07) is 13.2. The van der Waals surface area contributed by atoms with E-state index < -0.39 is 0 Å². The smallest absolute Gasteiger partial charge is 0.227 e. The Morgan fingerprint density at radius 2 is 1.90 bits per heavy atom. The van der Waals surface area contributed by atoms with Gasteiger partial charge in [0, 0.05) is 28.7 Å². The topological polar surface area (TPSA) is 42.2 Å². The highest BCUT2D eigenvalue weighted by atomic mass is 16.3. The average molecular weight is 414 g/mol. The lowest BCUT2D eigenvalue weighted by Crippen LogP contribution is -2.35. The molecule has 160 valence electrons. The normalized spacial score (nSPS) is 19.2. The summed E-state index contributed by atoms with van der Waals surface area (Å²) in [6.45, 7) is 11.2. The van der Waals surface area contributed by atoms with Gasteiger partial charge in [0.25, 0.3) is 0 Å². The molecule has 1 aliphatic heterocycles. The number of fused-ring (bicyclic) bond motifs is 4. The molecule has 4 nitrogen and oxygen atoms in total. The minimum absolute atomic E-state index is 0.325. The lowest BCUT2D eigenvalue weighted by atomic mass is 9.87. The summed E-state index contributed by atoms with van der Waals surface area (Å²) in [4.78, 5) is 12.0. The first kappa shape index (κ1) is 20.0. The quantitative estimate of drug-likeness (QED) is 0.358. The third-order valence-corrected chi connectivity index (χ3v) is 6.81. The van der Waals surface area contributed by atoms with Crippen molar-refractivity contribution in [3.05, 3.63) is 59.4 Å². The van der Waals surface area contributed by atoms with Crippen LogP contribution in [0.3, 0.4) is 0 Å². The minimum Gasteiger partial charge on any atom is -0.435 e. The molecule has 0 aliphatic carbocycles. The van der Waals surface area contributed by atoms with Crippen LogP contribution in [-0.4, -0.2) is 16.0 Å².